The third-order valence-corrected chi connectivity index (χ3v) is 13.2. The van der Waals surface area contributed by atoms with Gasteiger partial charge in [0.15, 0.2) is 0 Å². The predicted octanol–water partition coefficient (Wildman–Crippen LogP) is 7.94. The number of rotatable bonds is 8. The number of methoxy groups -OCH3 is 2. The number of ether oxygens (including phenoxy) is 4. The van der Waals surface area contributed by atoms with Crippen LogP contribution in [-0.2, 0) is 9.47 Å². The summed E-state index contributed by atoms with van der Waals surface area (Å²) >= 11 is 0. The third kappa shape index (κ3) is 8.80. The first kappa shape index (κ1) is 36.6. The number of amides is 2. The quantitative estimate of drug-likeness (QED) is 0.189. The first-order valence-electron chi connectivity index (χ1n) is 16.4. The van der Waals surface area contributed by atoms with Crippen LogP contribution < -0.4 is 19.2 Å². The van der Waals surface area contributed by atoms with E-state index < -0.39 is 38.3 Å². The number of fused-ring (bicyclic) bond motifs is 1. The zero-order valence-corrected chi connectivity index (χ0v) is 30.9. The monoisotopic (exact) mass is 678 g/mol. The molecule has 1 aliphatic rings. The molecule has 1 heterocycles. The molecular weight excluding hydrogens is 628 g/mol. The Morgan fingerprint density at radius 2 is 1.56 bits per heavy atom. The molecular formula is C37H50N2O8Si. The van der Waals surface area contributed by atoms with Gasteiger partial charge in [-0.15, -0.1) is 0 Å². The molecule has 11 heteroatoms. The fourth-order valence-corrected chi connectivity index (χ4v) is 6.31. The number of nitrogens with zero attached hydrogens (tertiary/aromatic N) is 1. The molecule has 1 saturated heterocycles. The Morgan fingerprint density at radius 3 is 2.17 bits per heavy atom. The van der Waals surface area contributed by atoms with E-state index in [-0.39, 0.29) is 22.9 Å². The van der Waals surface area contributed by atoms with E-state index in [9.17, 15) is 14.4 Å². The lowest BCUT2D eigenvalue weighted by molar-refractivity contribution is 0.00661. The molecule has 2 unspecified atom stereocenters. The molecule has 1 aliphatic heterocycles. The van der Waals surface area contributed by atoms with Crippen LogP contribution in [0.4, 0.5) is 4.79 Å². The van der Waals surface area contributed by atoms with Gasteiger partial charge in [0, 0.05) is 23.9 Å². The minimum absolute atomic E-state index is 0.0284. The van der Waals surface area contributed by atoms with Crippen molar-refractivity contribution in [1.29, 1.82) is 0 Å². The van der Waals surface area contributed by atoms with Crippen LogP contribution in [0.5, 0.6) is 17.2 Å². The fraction of sp³-hybridized carbons (Fsp3) is 0.486. The Labute approximate surface area is 285 Å². The topological polar surface area (TPSA) is 113 Å². The van der Waals surface area contributed by atoms with E-state index in [1.165, 1.54) is 12.0 Å². The van der Waals surface area contributed by atoms with Crippen LogP contribution in [0.2, 0.25) is 18.1 Å². The second kappa shape index (κ2) is 14.5. The van der Waals surface area contributed by atoms with Gasteiger partial charge in [0.2, 0.25) is 8.32 Å². The smallest absolute Gasteiger partial charge is 0.411 e. The van der Waals surface area contributed by atoms with Gasteiger partial charge in [-0.3, -0.25) is 9.69 Å². The average Bonchev–Trinajstić information content (AvgIpc) is 3.20. The van der Waals surface area contributed by atoms with Crippen molar-refractivity contribution in [2.75, 3.05) is 20.8 Å². The molecule has 3 aromatic carbocycles. The Hall–Kier alpha value is -4.25. The summed E-state index contributed by atoms with van der Waals surface area (Å²) in [4.78, 5) is 42.1. The largest absolute Gasteiger partial charge is 0.544 e. The highest BCUT2D eigenvalue weighted by atomic mass is 28.4. The number of likely N-dealkylation sites (tertiary alicyclic amines) is 1. The van der Waals surface area contributed by atoms with E-state index in [0.717, 1.165) is 10.8 Å². The van der Waals surface area contributed by atoms with Gasteiger partial charge in [0.05, 0.1) is 14.2 Å². The standard InChI is InChI=1S/C37H50N2O8Si/c1-36(2,3)46-35(42)39-20-12-14-27(45-34(41)29-21-25-13-11-15-30(43-7)28(25)23-31(29)44-8)22-32(39)38-33(40)24-16-18-26(19-17-24)47-48(9,10)37(4,5)6/h11,13,15-19,21,23,27,32H,12,14,20,22H2,1-10H3,(H,38,40). The lowest BCUT2D eigenvalue weighted by Crippen LogP contribution is -2.52. The van der Waals surface area contributed by atoms with E-state index in [0.29, 0.717) is 42.2 Å². The Bertz CT molecular complexity index is 1630. The molecule has 1 N–H and O–H groups in total. The van der Waals surface area contributed by atoms with Gasteiger partial charge in [0.1, 0.15) is 40.7 Å². The van der Waals surface area contributed by atoms with E-state index in [1.807, 2.05) is 18.2 Å². The molecule has 2 atom stereocenters. The number of esters is 1. The Kier molecular flexibility index (Phi) is 11.0. The van der Waals surface area contributed by atoms with Crippen molar-refractivity contribution in [3.63, 3.8) is 0 Å². The molecule has 0 bridgehead atoms. The van der Waals surface area contributed by atoms with Gasteiger partial charge in [-0.25, -0.2) is 9.59 Å². The molecule has 2 amide bonds. The van der Waals surface area contributed by atoms with E-state index >= 15 is 0 Å². The summed E-state index contributed by atoms with van der Waals surface area (Å²) in [5.41, 5.74) is -0.0537. The van der Waals surface area contributed by atoms with Crippen molar-refractivity contribution in [3.05, 3.63) is 65.7 Å². The van der Waals surface area contributed by atoms with E-state index in [1.54, 1.807) is 64.3 Å². The second-order valence-electron chi connectivity index (χ2n) is 14.7. The van der Waals surface area contributed by atoms with Crippen molar-refractivity contribution >= 4 is 37.1 Å². The fourth-order valence-electron chi connectivity index (χ4n) is 5.28. The molecule has 4 rings (SSSR count). The van der Waals surface area contributed by atoms with E-state index in [4.69, 9.17) is 23.4 Å². The van der Waals surface area contributed by atoms with Crippen LogP contribution in [-0.4, -0.2) is 69.8 Å². The molecule has 0 aliphatic carbocycles. The number of carbonyl (C=O) groups excluding carboxylic acids is 3. The molecule has 0 spiro atoms. The van der Waals surface area contributed by atoms with Crippen molar-refractivity contribution in [3.8, 4) is 17.2 Å². The van der Waals surface area contributed by atoms with Crippen LogP contribution in [0.3, 0.4) is 0 Å². The number of nitrogens with one attached hydrogen (secondary N) is 1. The number of hydrogen-bond donors (Lipinski definition) is 1. The van der Waals surface area contributed by atoms with Crippen LogP contribution in [0.25, 0.3) is 10.8 Å². The highest BCUT2D eigenvalue weighted by Crippen LogP contribution is 2.37. The maximum absolute atomic E-state index is 13.6. The zero-order valence-electron chi connectivity index (χ0n) is 29.9. The third-order valence-electron chi connectivity index (χ3n) is 8.88. The molecule has 0 saturated carbocycles. The van der Waals surface area contributed by atoms with Crippen LogP contribution >= 0.6 is 0 Å². The molecule has 10 nitrogen and oxygen atoms in total. The molecule has 260 valence electrons. The lowest BCUT2D eigenvalue weighted by atomic mass is 10.0. The van der Waals surface area contributed by atoms with Crippen molar-refractivity contribution in [2.45, 2.75) is 96.8 Å². The van der Waals surface area contributed by atoms with Crippen LogP contribution in [0.15, 0.2) is 54.6 Å². The van der Waals surface area contributed by atoms with Crippen molar-refractivity contribution in [1.82, 2.24) is 10.2 Å². The molecule has 1 fully saturated rings. The highest BCUT2D eigenvalue weighted by molar-refractivity contribution is 6.74. The molecule has 0 aromatic heterocycles. The van der Waals surface area contributed by atoms with Gasteiger partial charge in [0.25, 0.3) is 5.91 Å². The van der Waals surface area contributed by atoms with Crippen molar-refractivity contribution in [2.24, 2.45) is 0 Å². The SMILES string of the molecule is COc1cc2c(OC)cccc2cc1C(=O)OC1CCCN(C(=O)OC(C)(C)C)C(NC(=O)c2ccc(O[Si](C)(C)C(C)(C)C)cc2)C1. The summed E-state index contributed by atoms with van der Waals surface area (Å²) in [7, 11) is 1.03. The Balaban J connectivity index is 1.56. The number of hydrogen-bond acceptors (Lipinski definition) is 8. The molecule has 0 radical (unpaired) electrons. The van der Waals surface area contributed by atoms with Gasteiger partial charge in [-0.2, -0.15) is 0 Å². The first-order chi connectivity index (χ1) is 22.4. The highest BCUT2D eigenvalue weighted by Gasteiger charge is 2.39. The minimum Gasteiger partial charge on any atom is -0.544 e. The normalized spacial score (nSPS) is 17.2. The van der Waals surface area contributed by atoms with Gasteiger partial charge < -0.3 is 28.7 Å². The number of carbonyl (C=O) groups is 3. The van der Waals surface area contributed by atoms with E-state index in [2.05, 4.69) is 39.2 Å². The summed E-state index contributed by atoms with van der Waals surface area (Å²) in [6.45, 7) is 16.5. The Morgan fingerprint density at radius 1 is 0.896 bits per heavy atom. The summed E-state index contributed by atoms with van der Waals surface area (Å²) in [5, 5.41) is 4.64. The van der Waals surface area contributed by atoms with Crippen molar-refractivity contribution < 1.29 is 37.8 Å². The minimum atomic E-state index is -2.06. The number of benzene rings is 3. The van der Waals surface area contributed by atoms with Crippen LogP contribution in [0.1, 0.15) is 81.5 Å². The summed E-state index contributed by atoms with van der Waals surface area (Å²) in [6, 6.07) is 16.1. The summed E-state index contributed by atoms with van der Waals surface area (Å²) in [6.07, 6.45) is -0.745. The lowest BCUT2D eigenvalue weighted by Gasteiger charge is -2.36. The van der Waals surface area contributed by atoms with Gasteiger partial charge in [-0.1, -0.05) is 32.9 Å². The van der Waals surface area contributed by atoms with Gasteiger partial charge >= 0.3 is 12.1 Å². The molecule has 48 heavy (non-hydrogen) atoms. The molecule has 3 aromatic rings. The summed E-state index contributed by atoms with van der Waals surface area (Å²) in [5.74, 6) is 0.789. The average molecular weight is 679 g/mol. The summed E-state index contributed by atoms with van der Waals surface area (Å²) < 4.78 is 29.2. The zero-order chi connectivity index (χ0) is 35.4. The predicted molar refractivity (Wildman–Crippen MR) is 189 cm³/mol. The second-order valence-corrected chi connectivity index (χ2v) is 19.4. The maximum atomic E-state index is 13.6. The maximum Gasteiger partial charge on any atom is 0.411 e. The van der Waals surface area contributed by atoms with Crippen LogP contribution in [0, 0.1) is 0 Å². The first-order valence-corrected chi connectivity index (χ1v) is 19.3. The van der Waals surface area contributed by atoms with Gasteiger partial charge in [-0.05, 0) is 99.6 Å².